The van der Waals surface area contributed by atoms with Gasteiger partial charge in [-0.1, -0.05) is 0 Å². The highest BCUT2D eigenvalue weighted by molar-refractivity contribution is 5.16. The molecule has 13 heavy (non-hydrogen) atoms. The van der Waals surface area contributed by atoms with Crippen LogP contribution in [0, 0.1) is 35.5 Å². The van der Waals surface area contributed by atoms with E-state index in [1.54, 1.807) is 0 Å². The smallest absolute Gasteiger partial charge is 0.0835 e. The molecule has 6 unspecified atom stereocenters. The van der Waals surface area contributed by atoms with Crippen molar-refractivity contribution < 1.29 is 10.2 Å². The molecule has 0 aliphatic heterocycles. The summed E-state index contributed by atoms with van der Waals surface area (Å²) in [6.07, 6.45) is 3.25. The zero-order chi connectivity index (χ0) is 8.74. The summed E-state index contributed by atoms with van der Waals surface area (Å²) in [7, 11) is 0. The van der Waals surface area contributed by atoms with Crippen LogP contribution in [0.2, 0.25) is 0 Å². The Morgan fingerprint density at radius 3 is 1.46 bits per heavy atom. The quantitative estimate of drug-likeness (QED) is 0.574. The lowest BCUT2D eigenvalue weighted by Crippen LogP contribution is -2.28. The zero-order valence-electron chi connectivity index (χ0n) is 7.63. The molecular weight excluding hydrogens is 164 g/mol. The second-order valence-corrected chi connectivity index (χ2v) is 5.70. The standard InChI is InChI=1S/C11H16O2/c12-10-8-5-1-4-2-6(3-5)9(7(4)8)11(10)13/h4-13H,1-3H2. The summed E-state index contributed by atoms with van der Waals surface area (Å²) < 4.78 is 0. The maximum Gasteiger partial charge on any atom is 0.0835 e. The topological polar surface area (TPSA) is 40.5 Å². The van der Waals surface area contributed by atoms with Gasteiger partial charge in [-0.15, -0.1) is 0 Å². The largest absolute Gasteiger partial charge is 0.390 e. The van der Waals surface area contributed by atoms with E-state index in [1.165, 1.54) is 19.3 Å². The summed E-state index contributed by atoms with van der Waals surface area (Å²) in [5, 5.41) is 19.9. The first kappa shape index (κ1) is 7.24. The Bertz CT molecular complexity index is 237. The Morgan fingerprint density at radius 2 is 1.00 bits per heavy atom. The first-order valence-electron chi connectivity index (χ1n) is 5.63. The minimum absolute atomic E-state index is 0.379. The van der Waals surface area contributed by atoms with Crippen molar-refractivity contribution in [2.45, 2.75) is 31.5 Å². The second-order valence-electron chi connectivity index (χ2n) is 5.70. The lowest BCUT2D eigenvalue weighted by atomic mass is 9.75. The van der Waals surface area contributed by atoms with Crippen LogP contribution in [0.15, 0.2) is 0 Å². The van der Waals surface area contributed by atoms with Crippen LogP contribution >= 0.6 is 0 Å². The SMILES string of the molecule is OC1C(O)C2C3CC4CC(C3)C2C41. The highest BCUT2D eigenvalue weighted by Gasteiger charge is 2.67. The molecule has 0 radical (unpaired) electrons. The van der Waals surface area contributed by atoms with Crippen LogP contribution in [0.5, 0.6) is 0 Å². The third-order valence-electron chi connectivity index (χ3n) is 5.48. The van der Waals surface area contributed by atoms with Crippen molar-refractivity contribution in [3.8, 4) is 0 Å². The van der Waals surface area contributed by atoms with Crippen LogP contribution in [-0.4, -0.2) is 22.4 Å². The van der Waals surface area contributed by atoms with Crippen molar-refractivity contribution in [1.82, 2.24) is 0 Å². The summed E-state index contributed by atoms with van der Waals surface area (Å²) in [5.41, 5.74) is 0. The van der Waals surface area contributed by atoms with Crippen LogP contribution in [0.25, 0.3) is 0 Å². The lowest BCUT2D eigenvalue weighted by molar-refractivity contribution is 0.00140. The summed E-state index contributed by atoms with van der Waals surface area (Å²) in [6, 6.07) is 0. The summed E-state index contributed by atoms with van der Waals surface area (Å²) in [6.45, 7) is 0. The summed E-state index contributed by atoms with van der Waals surface area (Å²) in [5.74, 6) is 4.04. The van der Waals surface area contributed by atoms with Crippen molar-refractivity contribution in [3.63, 3.8) is 0 Å². The summed E-state index contributed by atoms with van der Waals surface area (Å²) >= 11 is 0. The van der Waals surface area contributed by atoms with Crippen LogP contribution in [0.4, 0.5) is 0 Å². The molecule has 5 aliphatic carbocycles. The van der Waals surface area contributed by atoms with Gasteiger partial charge in [-0.05, 0) is 54.8 Å². The molecule has 5 saturated carbocycles. The van der Waals surface area contributed by atoms with Gasteiger partial charge in [-0.2, -0.15) is 0 Å². The van der Waals surface area contributed by atoms with Crippen LogP contribution in [-0.2, 0) is 0 Å². The number of rotatable bonds is 0. The molecule has 0 aromatic heterocycles. The van der Waals surface area contributed by atoms with Gasteiger partial charge in [0.15, 0.2) is 0 Å². The van der Waals surface area contributed by atoms with E-state index in [2.05, 4.69) is 0 Å². The van der Waals surface area contributed by atoms with Crippen molar-refractivity contribution in [2.24, 2.45) is 35.5 Å². The second kappa shape index (κ2) is 1.96. The van der Waals surface area contributed by atoms with Gasteiger partial charge in [0.2, 0.25) is 0 Å². The molecule has 5 rings (SSSR count). The van der Waals surface area contributed by atoms with Gasteiger partial charge in [0.05, 0.1) is 12.2 Å². The van der Waals surface area contributed by atoms with Gasteiger partial charge in [-0.3, -0.25) is 0 Å². The maximum absolute atomic E-state index is 9.94. The Morgan fingerprint density at radius 1 is 0.615 bits per heavy atom. The molecule has 0 saturated heterocycles. The molecule has 0 heterocycles. The van der Waals surface area contributed by atoms with Crippen LogP contribution in [0.3, 0.4) is 0 Å². The molecule has 0 aromatic carbocycles. The van der Waals surface area contributed by atoms with Crippen molar-refractivity contribution in [3.05, 3.63) is 0 Å². The first-order chi connectivity index (χ1) is 6.27. The number of aliphatic hydroxyl groups excluding tert-OH is 2. The van der Waals surface area contributed by atoms with Crippen molar-refractivity contribution in [2.75, 3.05) is 0 Å². The van der Waals surface area contributed by atoms with Crippen LogP contribution < -0.4 is 0 Å². The molecule has 2 N–H and O–H groups in total. The predicted octanol–water partition coefficient (Wildman–Crippen LogP) is 0.630. The third-order valence-corrected chi connectivity index (χ3v) is 5.48. The minimum Gasteiger partial charge on any atom is -0.390 e. The van der Waals surface area contributed by atoms with Crippen LogP contribution in [0.1, 0.15) is 19.3 Å². The Balaban J connectivity index is 1.87. The monoisotopic (exact) mass is 180 g/mol. The average Bonchev–Trinajstić information content (AvgIpc) is 2.60. The highest BCUT2D eigenvalue weighted by Crippen LogP contribution is 2.69. The molecule has 0 amide bonds. The Hall–Kier alpha value is -0.0800. The minimum atomic E-state index is -0.379. The highest BCUT2D eigenvalue weighted by atomic mass is 16.3. The van der Waals surface area contributed by atoms with Gasteiger partial charge < -0.3 is 10.2 Å². The van der Waals surface area contributed by atoms with E-state index in [-0.39, 0.29) is 12.2 Å². The number of hydrogen-bond acceptors (Lipinski definition) is 2. The number of hydrogen-bond donors (Lipinski definition) is 2. The Kier molecular flexibility index (Phi) is 1.09. The predicted molar refractivity (Wildman–Crippen MR) is 46.8 cm³/mol. The fourth-order valence-electron chi connectivity index (χ4n) is 5.38. The molecule has 5 fully saturated rings. The molecule has 2 nitrogen and oxygen atoms in total. The van der Waals surface area contributed by atoms with Gasteiger partial charge in [0.25, 0.3) is 0 Å². The molecule has 5 aliphatic rings. The van der Waals surface area contributed by atoms with Gasteiger partial charge in [-0.25, -0.2) is 0 Å². The molecule has 6 atom stereocenters. The van der Waals surface area contributed by atoms with E-state index in [4.69, 9.17) is 0 Å². The van der Waals surface area contributed by atoms with E-state index >= 15 is 0 Å². The molecule has 0 spiro atoms. The van der Waals surface area contributed by atoms with E-state index in [1.807, 2.05) is 0 Å². The maximum atomic E-state index is 9.94. The van der Waals surface area contributed by atoms with E-state index in [0.717, 1.165) is 17.8 Å². The molecule has 72 valence electrons. The first-order valence-corrected chi connectivity index (χ1v) is 5.63. The van der Waals surface area contributed by atoms with Crippen molar-refractivity contribution >= 4 is 0 Å². The van der Waals surface area contributed by atoms with E-state index in [0.29, 0.717) is 17.8 Å². The van der Waals surface area contributed by atoms with E-state index in [9.17, 15) is 10.2 Å². The van der Waals surface area contributed by atoms with Gasteiger partial charge >= 0.3 is 0 Å². The fourth-order valence-corrected chi connectivity index (χ4v) is 5.38. The zero-order valence-corrected chi connectivity index (χ0v) is 7.63. The van der Waals surface area contributed by atoms with Gasteiger partial charge in [0.1, 0.15) is 0 Å². The third kappa shape index (κ3) is 0.608. The average molecular weight is 180 g/mol. The fraction of sp³-hybridized carbons (Fsp3) is 1.00. The normalized spacial score (nSPS) is 72.5. The number of aliphatic hydroxyl groups is 2. The molecular formula is C11H16O2. The van der Waals surface area contributed by atoms with E-state index < -0.39 is 0 Å². The van der Waals surface area contributed by atoms with Gasteiger partial charge in [0, 0.05) is 0 Å². The molecule has 6 bridgehead atoms. The molecule has 2 heteroatoms. The lowest BCUT2D eigenvalue weighted by Gasteiger charge is -2.30. The molecule has 0 aromatic rings. The summed E-state index contributed by atoms with van der Waals surface area (Å²) in [4.78, 5) is 0. The Labute approximate surface area is 78.0 Å². The van der Waals surface area contributed by atoms with Crippen molar-refractivity contribution in [1.29, 1.82) is 0 Å².